The lowest BCUT2D eigenvalue weighted by molar-refractivity contribution is 0.102. The van der Waals surface area contributed by atoms with Gasteiger partial charge in [-0.1, -0.05) is 35.3 Å². The van der Waals surface area contributed by atoms with Crippen LogP contribution in [-0.2, 0) is 10.0 Å². The Balaban J connectivity index is 1.75. The molecule has 27 heavy (non-hydrogen) atoms. The van der Waals surface area contributed by atoms with Gasteiger partial charge < -0.3 is 0 Å². The van der Waals surface area contributed by atoms with Crippen LogP contribution < -0.4 is 10.0 Å². The molecule has 1 amide bonds. The Labute approximate surface area is 169 Å². The number of nitrogens with one attached hydrogen (secondary N) is 2. The molecule has 0 unspecified atom stereocenters. The van der Waals surface area contributed by atoms with Crippen molar-refractivity contribution in [3.05, 3.63) is 57.6 Å². The number of thiazole rings is 1. The number of carbonyl (C=O) groups is 1. The zero-order chi connectivity index (χ0) is 19.6. The van der Waals surface area contributed by atoms with E-state index in [1.165, 1.54) is 23.5 Å². The van der Waals surface area contributed by atoms with Crippen molar-refractivity contribution in [1.29, 1.82) is 0 Å². The molecule has 0 saturated heterocycles. The molecular formula is C16H12Cl2N4O3S2. The third-order valence-electron chi connectivity index (χ3n) is 3.24. The Kier molecular flexibility index (Phi) is 5.66. The second kappa shape index (κ2) is 7.81. The highest BCUT2D eigenvalue weighted by molar-refractivity contribution is 7.92. The minimum absolute atomic E-state index is 0.0112. The maximum atomic E-state index is 12.3. The van der Waals surface area contributed by atoms with E-state index < -0.39 is 15.9 Å². The summed E-state index contributed by atoms with van der Waals surface area (Å²) in [6, 6.07) is 9.69. The van der Waals surface area contributed by atoms with Crippen molar-refractivity contribution in [3.63, 3.8) is 0 Å². The molecule has 0 aliphatic carbocycles. The summed E-state index contributed by atoms with van der Waals surface area (Å²) in [5.41, 5.74) is 1.86. The number of amides is 1. The highest BCUT2D eigenvalue weighted by atomic mass is 35.5. The fraction of sp³-hybridized carbons (Fsp3) is 0.0625. The topological polar surface area (TPSA) is 101 Å². The van der Waals surface area contributed by atoms with E-state index in [4.69, 9.17) is 23.2 Å². The number of carbonyl (C=O) groups excluding carboxylic acids is 1. The van der Waals surface area contributed by atoms with E-state index in [1.54, 1.807) is 29.6 Å². The van der Waals surface area contributed by atoms with Gasteiger partial charge in [0, 0.05) is 16.6 Å². The molecule has 3 rings (SSSR count). The number of benzene rings is 1. The number of aromatic nitrogens is 2. The van der Waals surface area contributed by atoms with Crippen LogP contribution in [0.15, 0.2) is 41.8 Å². The van der Waals surface area contributed by atoms with E-state index in [0.29, 0.717) is 16.5 Å². The molecule has 0 fully saturated rings. The van der Waals surface area contributed by atoms with E-state index in [0.717, 1.165) is 11.8 Å². The lowest BCUT2D eigenvalue weighted by atomic mass is 10.1. The van der Waals surface area contributed by atoms with Crippen molar-refractivity contribution >= 4 is 61.3 Å². The van der Waals surface area contributed by atoms with Crippen LogP contribution in [0.4, 0.5) is 10.8 Å². The van der Waals surface area contributed by atoms with Gasteiger partial charge in [-0.25, -0.2) is 18.4 Å². The van der Waals surface area contributed by atoms with Crippen molar-refractivity contribution in [1.82, 2.24) is 9.97 Å². The molecular weight excluding hydrogens is 431 g/mol. The maximum Gasteiger partial charge on any atom is 0.277 e. The molecule has 0 spiro atoms. The summed E-state index contributed by atoms with van der Waals surface area (Å²) in [6.07, 6.45) is 1.08. The summed E-state index contributed by atoms with van der Waals surface area (Å²) < 4.78 is 24.9. The van der Waals surface area contributed by atoms with Crippen LogP contribution in [0.25, 0.3) is 11.3 Å². The molecule has 3 aromatic rings. The monoisotopic (exact) mass is 442 g/mol. The lowest BCUT2D eigenvalue weighted by Gasteiger charge is -2.04. The molecule has 2 aromatic heterocycles. The SMILES string of the molecule is CS(=O)(=O)Nc1ccc(-c2csc(NC(=O)c3nc(Cl)ccc3Cl)n2)cc1. The number of hydrogen-bond donors (Lipinski definition) is 2. The molecule has 11 heteroatoms. The van der Waals surface area contributed by atoms with E-state index in [-0.39, 0.29) is 15.9 Å². The predicted molar refractivity (Wildman–Crippen MR) is 108 cm³/mol. The van der Waals surface area contributed by atoms with Gasteiger partial charge in [-0.2, -0.15) is 0 Å². The third kappa shape index (κ3) is 5.16. The fourth-order valence-electron chi connectivity index (χ4n) is 2.12. The molecule has 7 nitrogen and oxygen atoms in total. The van der Waals surface area contributed by atoms with Crippen molar-refractivity contribution in [3.8, 4) is 11.3 Å². The zero-order valence-electron chi connectivity index (χ0n) is 13.7. The van der Waals surface area contributed by atoms with Crippen LogP contribution >= 0.6 is 34.5 Å². The highest BCUT2D eigenvalue weighted by Gasteiger charge is 2.15. The zero-order valence-corrected chi connectivity index (χ0v) is 16.9. The van der Waals surface area contributed by atoms with Crippen LogP contribution in [0.2, 0.25) is 10.2 Å². The minimum atomic E-state index is -3.33. The summed E-state index contributed by atoms with van der Waals surface area (Å²) in [5, 5.41) is 5.10. The summed E-state index contributed by atoms with van der Waals surface area (Å²) in [7, 11) is -3.33. The number of pyridine rings is 1. The van der Waals surface area contributed by atoms with Gasteiger partial charge in [-0.3, -0.25) is 14.8 Å². The average Bonchev–Trinajstić information content (AvgIpc) is 3.04. The van der Waals surface area contributed by atoms with Crippen LogP contribution in [-0.4, -0.2) is 30.5 Å². The largest absolute Gasteiger partial charge is 0.296 e. The van der Waals surface area contributed by atoms with E-state index in [2.05, 4.69) is 20.0 Å². The Morgan fingerprint density at radius 1 is 1.07 bits per heavy atom. The summed E-state index contributed by atoms with van der Waals surface area (Å²) in [4.78, 5) is 20.6. The fourth-order valence-corrected chi connectivity index (χ4v) is 3.74. The summed E-state index contributed by atoms with van der Waals surface area (Å²) in [5.74, 6) is -0.517. The van der Waals surface area contributed by atoms with Gasteiger partial charge in [-0.05, 0) is 24.3 Å². The molecule has 140 valence electrons. The maximum absolute atomic E-state index is 12.3. The minimum Gasteiger partial charge on any atom is -0.296 e. The van der Waals surface area contributed by atoms with Gasteiger partial charge in [-0.15, -0.1) is 11.3 Å². The molecule has 2 N–H and O–H groups in total. The number of nitrogens with zero attached hydrogens (tertiary/aromatic N) is 2. The molecule has 0 bridgehead atoms. The first-order chi connectivity index (χ1) is 12.7. The third-order valence-corrected chi connectivity index (χ3v) is 5.12. The van der Waals surface area contributed by atoms with E-state index >= 15 is 0 Å². The molecule has 1 aromatic carbocycles. The number of anilines is 2. The van der Waals surface area contributed by atoms with E-state index in [9.17, 15) is 13.2 Å². The van der Waals surface area contributed by atoms with E-state index in [1.807, 2.05) is 0 Å². The van der Waals surface area contributed by atoms with Crippen molar-refractivity contribution in [2.24, 2.45) is 0 Å². The number of sulfonamides is 1. The van der Waals surface area contributed by atoms with Crippen LogP contribution in [0.1, 0.15) is 10.5 Å². The number of halogens is 2. The smallest absolute Gasteiger partial charge is 0.277 e. The van der Waals surface area contributed by atoms with Gasteiger partial charge in [0.25, 0.3) is 5.91 Å². The Hall–Kier alpha value is -2.20. The lowest BCUT2D eigenvalue weighted by Crippen LogP contribution is -2.14. The molecule has 0 aliphatic rings. The second-order valence-corrected chi connectivity index (χ2v) is 8.81. The molecule has 0 saturated carbocycles. The predicted octanol–water partition coefficient (Wildman–Crippen LogP) is 4.14. The van der Waals surface area contributed by atoms with Gasteiger partial charge in [0.15, 0.2) is 5.13 Å². The molecule has 0 radical (unpaired) electrons. The second-order valence-electron chi connectivity index (χ2n) is 5.41. The molecule has 0 atom stereocenters. The van der Waals surface area contributed by atoms with Crippen molar-refractivity contribution in [2.45, 2.75) is 0 Å². The normalized spacial score (nSPS) is 11.2. The Morgan fingerprint density at radius 2 is 1.78 bits per heavy atom. The quantitative estimate of drug-likeness (QED) is 0.578. The first kappa shape index (κ1) is 19.6. The van der Waals surface area contributed by atoms with Crippen molar-refractivity contribution < 1.29 is 13.2 Å². The Bertz CT molecular complexity index is 1100. The van der Waals surface area contributed by atoms with Crippen LogP contribution in [0, 0.1) is 0 Å². The van der Waals surface area contributed by atoms with Gasteiger partial charge in [0.2, 0.25) is 10.0 Å². The first-order valence-electron chi connectivity index (χ1n) is 7.38. The van der Waals surface area contributed by atoms with Crippen LogP contribution in [0.3, 0.4) is 0 Å². The first-order valence-corrected chi connectivity index (χ1v) is 10.9. The summed E-state index contributed by atoms with van der Waals surface area (Å²) >= 11 is 13.0. The average molecular weight is 443 g/mol. The number of rotatable bonds is 5. The van der Waals surface area contributed by atoms with Gasteiger partial charge in [0.1, 0.15) is 10.8 Å². The van der Waals surface area contributed by atoms with Crippen LogP contribution in [0.5, 0.6) is 0 Å². The number of hydrogen-bond acceptors (Lipinski definition) is 6. The highest BCUT2D eigenvalue weighted by Crippen LogP contribution is 2.27. The standard InChI is InChI=1S/C16H12Cl2N4O3S2/c1-27(24,25)22-10-4-2-9(3-5-10)12-8-26-16(19-12)21-15(23)14-11(17)6-7-13(18)20-14/h2-8,22H,1H3,(H,19,21,23). The summed E-state index contributed by atoms with van der Waals surface area (Å²) in [6.45, 7) is 0. The van der Waals surface area contributed by atoms with Crippen molar-refractivity contribution in [2.75, 3.05) is 16.3 Å². The van der Waals surface area contributed by atoms with Gasteiger partial charge in [0.05, 0.1) is 17.0 Å². The van der Waals surface area contributed by atoms with Gasteiger partial charge >= 0.3 is 0 Å². The molecule has 0 aliphatic heterocycles. The molecule has 2 heterocycles. The Morgan fingerprint density at radius 3 is 2.44 bits per heavy atom.